The first-order chi connectivity index (χ1) is 11.8. The van der Waals surface area contributed by atoms with Crippen LogP contribution < -0.4 is 4.90 Å². The first-order valence-corrected chi connectivity index (χ1v) is 8.02. The van der Waals surface area contributed by atoms with E-state index in [0.29, 0.717) is 6.54 Å². The van der Waals surface area contributed by atoms with E-state index >= 15 is 0 Å². The topological polar surface area (TPSA) is 63.9 Å². The standard InChI is InChI=1S/C18H19N5O/c1-2-3-14-22(15-10-6-4-7-11-15)18(24)17-19-21-23(20-17)16-12-8-5-9-13-16/h4-13H,2-3,14H2,1H3. The second-order valence-corrected chi connectivity index (χ2v) is 5.38. The van der Waals surface area contributed by atoms with Crippen LogP contribution in [0.15, 0.2) is 60.7 Å². The van der Waals surface area contributed by atoms with Gasteiger partial charge < -0.3 is 4.90 Å². The summed E-state index contributed by atoms with van der Waals surface area (Å²) >= 11 is 0. The van der Waals surface area contributed by atoms with Crippen molar-refractivity contribution in [3.05, 3.63) is 66.5 Å². The summed E-state index contributed by atoms with van der Waals surface area (Å²) < 4.78 is 0. The highest BCUT2D eigenvalue weighted by molar-refractivity contribution is 6.03. The fourth-order valence-electron chi connectivity index (χ4n) is 2.36. The van der Waals surface area contributed by atoms with Gasteiger partial charge in [-0.1, -0.05) is 49.7 Å². The number of nitrogens with zero attached hydrogens (tertiary/aromatic N) is 5. The van der Waals surface area contributed by atoms with Gasteiger partial charge in [0, 0.05) is 12.2 Å². The van der Waals surface area contributed by atoms with Crippen LogP contribution in [0.1, 0.15) is 30.4 Å². The molecular formula is C18H19N5O. The molecular weight excluding hydrogens is 302 g/mol. The molecule has 0 unspecified atom stereocenters. The lowest BCUT2D eigenvalue weighted by molar-refractivity contribution is 0.0976. The zero-order valence-electron chi connectivity index (χ0n) is 13.5. The van der Waals surface area contributed by atoms with E-state index in [0.717, 1.165) is 24.2 Å². The summed E-state index contributed by atoms with van der Waals surface area (Å²) in [5.74, 6) is -0.143. The molecule has 0 N–H and O–H groups in total. The third-order valence-corrected chi connectivity index (χ3v) is 3.64. The van der Waals surface area contributed by atoms with Crippen LogP contribution in [0.3, 0.4) is 0 Å². The van der Waals surface area contributed by atoms with Crippen LogP contribution in [0.25, 0.3) is 5.69 Å². The van der Waals surface area contributed by atoms with Crippen LogP contribution in [0, 0.1) is 0 Å². The Morgan fingerprint density at radius 1 is 1.04 bits per heavy atom. The van der Waals surface area contributed by atoms with Crippen molar-refractivity contribution in [1.82, 2.24) is 20.2 Å². The van der Waals surface area contributed by atoms with Crippen molar-refractivity contribution in [1.29, 1.82) is 0 Å². The highest BCUT2D eigenvalue weighted by atomic mass is 16.2. The molecule has 2 aromatic carbocycles. The van der Waals surface area contributed by atoms with Crippen LogP contribution >= 0.6 is 0 Å². The third kappa shape index (κ3) is 3.48. The van der Waals surface area contributed by atoms with Crippen LogP contribution in [0.5, 0.6) is 0 Å². The van der Waals surface area contributed by atoms with E-state index < -0.39 is 0 Å². The quantitative estimate of drug-likeness (QED) is 0.700. The molecule has 0 aliphatic heterocycles. The maximum Gasteiger partial charge on any atom is 0.299 e. The lowest BCUT2D eigenvalue weighted by Gasteiger charge is -2.20. The first kappa shape index (κ1) is 15.9. The SMILES string of the molecule is CCCCN(C(=O)c1nnn(-c2ccccc2)n1)c1ccccc1. The predicted molar refractivity (Wildman–Crippen MR) is 92.2 cm³/mol. The maximum absolute atomic E-state index is 12.8. The van der Waals surface area contributed by atoms with Crippen molar-refractivity contribution in [3.8, 4) is 5.69 Å². The van der Waals surface area contributed by atoms with Gasteiger partial charge in [0.25, 0.3) is 11.7 Å². The smallest absolute Gasteiger partial charge is 0.299 e. The number of aromatic nitrogens is 4. The van der Waals surface area contributed by atoms with Crippen molar-refractivity contribution in [3.63, 3.8) is 0 Å². The Morgan fingerprint density at radius 3 is 2.38 bits per heavy atom. The van der Waals surface area contributed by atoms with Crippen molar-refractivity contribution in [2.45, 2.75) is 19.8 Å². The number of carbonyl (C=O) groups is 1. The number of hydrogen-bond acceptors (Lipinski definition) is 4. The number of benzene rings is 2. The minimum atomic E-state index is -0.239. The van der Waals surface area contributed by atoms with E-state index in [1.807, 2.05) is 60.7 Å². The molecule has 1 heterocycles. The molecule has 3 aromatic rings. The van der Waals surface area contributed by atoms with Gasteiger partial charge in [-0.3, -0.25) is 4.79 Å². The Morgan fingerprint density at radius 2 is 1.71 bits per heavy atom. The molecule has 6 nitrogen and oxygen atoms in total. The number of unbranched alkanes of at least 4 members (excludes halogenated alkanes) is 1. The Hall–Kier alpha value is -3.02. The minimum Gasteiger partial charge on any atom is -0.306 e. The molecule has 6 heteroatoms. The normalized spacial score (nSPS) is 10.5. The lowest BCUT2D eigenvalue weighted by atomic mass is 10.2. The number of amides is 1. The second-order valence-electron chi connectivity index (χ2n) is 5.38. The van der Waals surface area contributed by atoms with Gasteiger partial charge in [0.1, 0.15) is 0 Å². The first-order valence-electron chi connectivity index (χ1n) is 8.02. The Bertz CT molecular complexity index is 785. The van der Waals surface area contributed by atoms with Crippen LogP contribution in [-0.4, -0.2) is 32.7 Å². The predicted octanol–water partition coefficient (Wildman–Crippen LogP) is 3.11. The lowest BCUT2D eigenvalue weighted by Crippen LogP contribution is -2.32. The van der Waals surface area contributed by atoms with Crippen LogP contribution in [-0.2, 0) is 0 Å². The molecule has 0 atom stereocenters. The molecule has 3 rings (SSSR count). The van der Waals surface area contributed by atoms with E-state index in [1.54, 1.807) is 4.90 Å². The fourth-order valence-corrected chi connectivity index (χ4v) is 2.36. The molecule has 0 bridgehead atoms. The summed E-state index contributed by atoms with van der Waals surface area (Å²) in [6.07, 6.45) is 1.91. The van der Waals surface area contributed by atoms with Gasteiger partial charge in [0.05, 0.1) is 5.69 Å². The van der Waals surface area contributed by atoms with Crippen LogP contribution in [0.4, 0.5) is 5.69 Å². The van der Waals surface area contributed by atoms with Gasteiger partial charge in [0.15, 0.2) is 0 Å². The minimum absolute atomic E-state index is 0.0961. The zero-order chi connectivity index (χ0) is 16.8. The summed E-state index contributed by atoms with van der Waals surface area (Å²) in [5, 5.41) is 12.2. The number of rotatable bonds is 6. The highest BCUT2D eigenvalue weighted by Gasteiger charge is 2.22. The number of para-hydroxylation sites is 2. The summed E-state index contributed by atoms with van der Waals surface area (Å²) in [5.41, 5.74) is 1.61. The molecule has 0 radical (unpaired) electrons. The molecule has 0 spiro atoms. The number of tetrazole rings is 1. The number of anilines is 1. The molecule has 1 amide bonds. The summed E-state index contributed by atoms with van der Waals surface area (Å²) in [6.45, 7) is 2.72. The highest BCUT2D eigenvalue weighted by Crippen LogP contribution is 2.16. The average molecular weight is 321 g/mol. The summed E-state index contributed by atoms with van der Waals surface area (Å²) in [7, 11) is 0. The molecule has 0 fully saturated rings. The molecule has 0 aliphatic rings. The average Bonchev–Trinajstić information content (AvgIpc) is 3.14. The molecule has 0 aliphatic carbocycles. The number of hydrogen-bond donors (Lipinski definition) is 0. The number of carbonyl (C=O) groups excluding carboxylic acids is 1. The van der Waals surface area contributed by atoms with Crippen molar-refractivity contribution >= 4 is 11.6 Å². The largest absolute Gasteiger partial charge is 0.306 e. The van der Waals surface area contributed by atoms with Crippen LogP contribution in [0.2, 0.25) is 0 Å². The van der Waals surface area contributed by atoms with Gasteiger partial charge in [-0.25, -0.2) is 0 Å². The summed E-state index contributed by atoms with van der Waals surface area (Å²) in [6, 6.07) is 19.0. The Balaban J connectivity index is 1.86. The van der Waals surface area contributed by atoms with E-state index in [1.165, 1.54) is 4.80 Å². The maximum atomic E-state index is 12.8. The third-order valence-electron chi connectivity index (χ3n) is 3.64. The Labute approximate surface area is 140 Å². The van der Waals surface area contributed by atoms with Crippen molar-refractivity contribution < 1.29 is 4.79 Å². The molecule has 24 heavy (non-hydrogen) atoms. The molecule has 0 saturated carbocycles. The zero-order valence-corrected chi connectivity index (χ0v) is 13.5. The van der Waals surface area contributed by atoms with Gasteiger partial charge in [-0.05, 0) is 35.9 Å². The van der Waals surface area contributed by atoms with Gasteiger partial charge >= 0.3 is 0 Å². The van der Waals surface area contributed by atoms with E-state index in [-0.39, 0.29) is 11.7 Å². The van der Waals surface area contributed by atoms with Gasteiger partial charge in [-0.2, -0.15) is 0 Å². The van der Waals surface area contributed by atoms with E-state index in [4.69, 9.17) is 0 Å². The fraction of sp³-hybridized carbons (Fsp3) is 0.222. The second kappa shape index (κ2) is 7.50. The molecule has 1 aromatic heterocycles. The van der Waals surface area contributed by atoms with Crippen molar-refractivity contribution in [2.75, 3.05) is 11.4 Å². The van der Waals surface area contributed by atoms with E-state index in [9.17, 15) is 4.79 Å². The summed E-state index contributed by atoms with van der Waals surface area (Å²) in [4.78, 5) is 15.9. The van der Waals surface area contributed by atoms with Crippen molar-refractivity contribution in [2.24, 2.45) is 0 Å². The Kier molecular flexibility index (Phi) is 4.96. The molecule has 122 valence electrons. The monoisotopic (exact) mass is 321 g/mol. The van der Waals surface area contributed by atoms with Gasteiger partial charge in [-0.15, -0.1) is 15.0 Å². The molecule has 0 saturated heterocycles. The van der Waals surface area contributed by atoms with Gasteiger partial charge in [0.2, 0.25) is 0 Å². The van der Waals surface area contributed by atoms with E-state index in [2.05, 4.69) is 22.3 Å².